The first-order valence-electron chi connectivity index (χ1n) is 6.52. The lowest BCUT2D eigenvalue weighted by Crippen LogP contribution is -2.52. The Hall–Kier alpha value is -0.170. The van der Waals surface area contributed by atoms with Crippen LogP contribution in [0.4, 0.5) is 0 Å². The maximum Gasteiger partial charge on any atom is 0.0936 e. The minimum Gasteiger partial charge on any atom is -0.394 e. The molecule has 1 aliphatic heterocycles. The van der Waals surface area contributed by atoms with E-state index < -0.39 is 0 Å². The van der Waals surface area contributed by atoms with E-state index in [1.807, 2.05) is 26.0 Å². The van der Waals surface area contributed by atoms with Gasteiger partial charge in [0.15, 0.2) is 0 Å². The zero-order chi connectivity index (χ0) is 14.0. The van der Waals surface area contributed by atoms with E-state index in [9.17, 15) is 5.11 Å². The Kier molecular flexibility index (Phi) is 5.22. The van der Waals surface area contributed by atoms with Crippen molar-refractivity contribution in [3.8, 4) is 0 Å². The molecule has 0 spiro atoms. The van der Waals surface area contributed by atoms with E-state index in [-0.39, 0.29) is 30.9 Å². The van der Waals surface area contributed by atoms with E-state index in [2.05, 4.69) is 4.90 Å². The van der Waals surface area contributed by atoms with Crippen molar-refractivity contribution in [3.05, 3.63) is 21.3 Å². The molecule has 2 rings (SSSR count). The molecule has 4 nitrogen and oxygen atoms in total. The summed E-state index contributed by atoms with van der Waals surface area (Å²) in [6, 6.07) is 4.07. The number of ether oxygens (including phenoxy) is 1. The minimum absolute atomic E-state index is 0.000593. The summed E-state index contributed by atoms with van der Waals surface area (Å²) in [6.45, 7) is 5.58. The molecule has 19 heavy (non-hydrogen) atoms. The molecule has 6 heteroatoms. The van der Waals surface area contributed by atoms with E-state index in [4.69, 9.17) is 22.1 Å². The summed E-state index contributed by atoms with van der Waals surface area (Å²) in [5.41, 5.74) is 6.16. The lowest BCUT2D eigenvalue weighted by molar-refractivity contribution is -0.107. The van der Waals surface area contributed by atoms with Gasteiger partial charge in [0.2, 0.25) is 0 Å². The fourth-order valence-corrected chi connectivity index (χ4v) is 3.98. The van der Waals surface area contributed by atoms with Crippen molar-refractivity contribution in [3.63, 3.8) is 0 Å². The number of hydrogen-bond donors (Lipinski definition) is 2. The van der Waals surface area contributed by atoms with E-state index in [1.165, 1.54) is 4.88 Å². The highest BCUT2D eigenvalue weighted by atomic mass is 35.5. The maximum absolute atomic E-state index is 9.32. The van der Waals surface area contributed by atoms with Crippen LogP contribution in [0.15, 0.2) is 12.1 Å². The summed E-state index contributed by atoms with van der Waals surface area (Å²) < 4.78 is 6.46. The van der Waals surface area contributed by atoms with Gasteiger partial charge in [-0.2, -0.15) is 0 Å². The molecular formula is C13H21ClN2O2S. The third-order valence-electron chi connectivity index (χ3n) is 3.34. The van der Waals surface area contributed by atoms with Crippen LogP contribution in [0.25, 0.3) is 0 Å². The fraction of sp³-hybridized carbons (Fsp3) is 0.692. The Morgan fingerprint density at radius 1 is 1.58 bits per heavy atom. The minimum atomic E-state index is -0.138. The van der Waals surface area contributed by atoms with Crippen molar-refractivity contribution in [1.82, 2.24) is 4.90 Å². The van der Waals surface area contributed by atoms with Gasteiger partial charge >= 0.3 is 0 Å². The van der Waals surface area contributed by atoms with Crippen molar-refractivity contribution in [2.75, 3.05) is 19.7 Å². The predicted octanol–water partition coefficient (Wildman–Crippen LogP) is 1.87. The summed E-state index contributed by atoms with van der Waals surface area (Å²) in [4.78, 5) is 3.47. The van der Waals surface area contributed by atoms with Gasteiger partial charge in [0, 0.05) is 24.0 Å². The number of aliphatic hydroxyl groups excluding tert-OH is 1. The highest BCUT2D eigenvalue weighted by Crippen LogP contribution is 2.33. The molecule has 0 aliphatic carbocycles. The van der Waals surface area contributed by atoms with Crippen LogP contribution in [0.5, 0.6) is 0 Å². The molecule has 1 aromatic rings. The molecular weight excluding hydrogens is 284 g/mol. The average Bonchev–Trinajstić information content (AvgIpc) is 2.74. The molecule has 2 heterocycles. The zero-order valence-corrected chi connectivity index (χ0v) is 12.8. The number of halogens is 1. The van der Waals surface area contributed by atoms with Gasteiger partial charge in [-0.3, -0.25) is 4.90 Å². The Morgan fingerprint density at radius 2 is 2.32 bits per heavy atom. The summed E-state index contributed by atoms with van der Waals surface area (Å²) in [7, 11) is 0. The summed E-state index contributed by atoms with van der Waals surface area (Å²) in [5, 5.41) is 9.32. The van der Waals surface area contributed by atoms with Gasteiger partial charge in [0.1, 0.15) is 0 Å². The molecule has 0 aromatic carbocycles. The predicted molar refractivity (Wildman–Crippen MR) is 78.7 cm³/mol. The molecule has 0 bridgehead atoms. The van der Waals surface area contributed by atoms with Gasteiger partial charge in [-0.05, 0) is 26.0 Å². The molecule has 0 amide bonds. The Morgan fingerprint density at radius 3 is 2.84 bits per heavy atom. The zero-order valence-electron chi connectivity index (χ0n) is 11.3. The summed E-state index contributed by atoms with van der Waals surface area (Å²) >= 11 is 7.60. The van der Waals surface area contributed by atoms with Gasteiger partial charge in [0.25, 0.3) is 0 Å². The Bertz CT molecular complexity index is 413. The van der Waals surface area contributed by atoms with Crippen LogP contribution in [0.2, 0.25) is 4.34 Å². The van der Waals surface area contributed by atoms with Crippen molar-refractivity contribution in [2.45, 2.75) is 38.1 Å². The Balaban J connectivity index is 2.19. The van der Waals surface area contributed by atoms with Crippen molar-refractivity contribution >= 4 is 22.9 Å². The number of morpholine rings is 1. The molecule has 3 N–H and O–H groups in total. The SMILES string of the molecule is CC1CN(C(c2ccc(Cl)s2)C(C)N)CC(CO)O1. The smallest absolute Gasteiger partial charge is 0.0936 e. The highest BCUT2D eigenvalue weighted by Gasteiger charge is 2.32. The van der Waals surface area contributed by atoms with E-state index in [0.717, 1.165) is 10.9 Å². The molecule has 1 aliphatic rings. The Labute approximate surface area is 123 Å². The first-order valence-corrected chi connectivity index (χ1v) is 7.72. The number of thiophene rings is 1. The lowest BCUT2D eigenvalue weighted by Gasteiger charge is -2.41. The lowest BCUT2D eigenvalue weighted by atomic mass is 10.0. The van der Waals surface area contributed by atoms with Gasteiger partial charge in [-0.15, -0.1) is 11.3 Å². The summed E-state index contributed by atoms with van der Waals surface area (Å²) in [5.74, 6) is 0. The standard InChI is InChI=1S/C13H21ClN2O2S/c1-8-5-16(6-10(7-17)18-8)13(9(2)15)11-3-4-12(14)19-11/h3-4,8-10,13,17H,5-7,15H2,1-2H3. The number of nitrogens with two attached hydrogens (primary N) is 1. The normalized spacial score (nSPS) is 28.3. The number of aliphatic hydroxyl groups is 1. The molecule has 1 saturated heterocycles. The van der Waals surface area contributed by atoms with Crippen LogP contribution in [0, 0.1) is 0 Å². The number of hydrogen-bond acceptors (Lipinski definition) is 5. The quantitative estimate of drug-likeness (QED) is 0.891. The molecule has 1 fully saturated rings. The van der Waals surface area contributed by atoms with Crippen molar-refractivity contribution < 1.29 is 9.84 Å². The fourth-order valence-electron chi connectivity index (χ4n) is 2.67. The maximum atomic E-state index is 9.32. The average molecular weight is 305 g/mol. The largest absolute Gasteiger partial charge is 0.394 e. The molecule has 4 unspecified atom stereocenters. The van der Waals surface area contributed by atoms with Crippen molar-refractivity contribution in [2.24, 2.45) is 5.73 Å². The van der Waals surface area contributed by atoms with Gasteiger partial charge in [-0.25, -0.2) is 0 Å². The topological polar surface area (TPSA) is 58.7 Å². The number of rotatable bonds is 4. The van der Waals surface area contributed by atoms with Crippen LogP contribution in [0.1, 0.15) is 24.8 Å². The van der Waals surface area contributed by atoms with E-state index >= 15 is 0 Å². The van der Waals surface area contributed by atoms with Crippen LogP contribution in [0.3, 0.4) is 0 Å². The number of nitrogens with zero attached hydrogens (tertiary/aromatic N) is 1. The van der Waals surface area contributed by atoms with Crippen LogP contribution < -0.4 is 5.73 Å². The molecule has 0 radical (unpaired) electrons. The van der Waals surface area contributed by atoms with Crippen LogP contribution in [-0.4, -0.2) is 48.0 Å². The van der Waals surface area contributed by atoms with E-state index in [0.29, 0.717) is 6.54 Å². The monoisotopic (exact) mass is 304 g/mol. The summed E-state index contributed by atoms with van der Waals surface area (Å²) in [6.07, 6.45) is -0.0389. The van der Waals surface area contributed by atoms with Gasteiger partial charge < -0.3 is 15.6 Å². The van der Waals surface area contributed by atoms with Gasteiger partial charge in [-0.1, -0.05) is 11.6 Å². The second-order valence-corrected chi connectivity index (χ2v) is 6.90. The second kappa shape index (κ2) is 6.52. The first kappa shape index (κ1) is 15.2. The highest BCUT2D eigenvalue weighted by molar-refractivity contribution is 7.16. The molecule has 0 saturated carbocycles. The van der Waals surface area contributed by atoms with Crippen LogP contribution >= 0.6 is 22.9 Å². The van der Waals surface area contributed by atoms with Crippen molar-refractivity contribution in [1.29, 1.82) is 0 Å². The third kappa shape index (κ3) is 3.68. The van der Waals surface area contributed by atoms with Crippen LogP contribution in [-0.2, 0) is 4.74 Å². The first-order chi connectivity index (χ1) is 9.01. The third-order valence-corrected chi connectivity index (χ3v) is 4.64. The van der Waals surface area contributed by atoms with E-state index in [1.54, 1.807) is 11.3 Å². The molecule has 108 valence electrons. The molecule has 4 atom stereocenters. The molecule has 1 aromatic heterocycles. The van der Waals surface area contributed by atoms with Gasteiger partial charge in [0.05, 0.1) is 29.2 Å². The second-order valence-electron chi connectivity index (χ2n) is 5.15.